The van der Waals surface area contributed by atoms with E-state index in [1.807, 2.05) is 14.1 Å². The van der Waals surface area contributed by atoms with Gasteiger partial charge in [-0.05, 0) is 78.2 Å². The maximum atomic E-state index is 13.8. The molecule has 0 aliphatic carbocycles. The molecule has 1 aliphatic rings. The summed E-state index contributed by atoms with van der Waals surface area (Å²) < 4.78 is 30.9. The molecule has 0 atom stereocenters. The van der Waals surface area contributed by atoms with Crippen LogP contribution < -0.4 is 11.1 Å². The van der Waals surface area contributed by atoms with E-state index in [0.717, 1.165) is 13.0 Å². The van der Waals surface area contributed by atoms with Gasteiger partial charge in [0.05, 0.1) is 36.4 Å². The van der Waals surface area contributed by atoms with Gasteiger partial charge in [-0.1, -0.05) is 0 Å². The molecule has 0 bridgehead atoms. The van der Waals surface area contributed by atoms with E-state index in [1.54, 1.807) is 45.2 Å². The number of nitrogens with one attached hydrogen (secondary N) is 2. The van der Waals surface area contributed by atoms with E-state index in [1.165, 1.54) is 12.1 Å². The standard InChI is InChI=1S/C28H36FN7O5/c1-17(2)41-25(38)27(3)15-39-28(23(30)37,40-16-27)24-34-21(18-7-9-19(29)10-8-18)22(35-24)20-11-13-32-26(33-20)31-12-6-14-36(4)5/h7-11,13,17H,6,12,14-16H2,1-5H3,(H2,30,37)(H,34,35)(H,31,32,33). The van der Waals surface area contributed by atoms with Crippen LogP contribution in [-0.4, -0.2) is 83.2 Å². The Bertz CT molecular complexity index is 1370. The van der Waals surface area contributed by atoms with Crippen molar-refractivity contribution in [1.82, 2.24) is 24.8 Å². The van der Waals surface area contributed by atoms with Gasteiger partial charge >= 0.3 is 11.8 Å². The average Bonchev–Trinajstić information content (AvgIpc) is 3.38. The van der Waals surface area contributed by atoms with Gasteiger partial charge in [0.1, 0.15) is 11.2 Å². The molecule has 0 radical (unpaired) electrons. The molecule has 4 rings (SSSR count). The third-order valence-electron chi connectivity index (χ3n) is 6.46. The zero-order chi connectivity index (χ0) is 29.8. The van der Waals surface area contributed by atoms with Crippen LogP contribution in [0.3, 0.4) is 0 Å². The number of esters is 1. The molecule has 1 saturated heterocycles. The zero-order valence-electron chi connectivity index (χ0n) is 23.9. The molecule has 1 amide bonds. The highest BCUT2D eigenvalue weighted by atomic mass is 19.1. The van der Waals surface area contributed by atoms with Gasteiger partial charge < -0.3 is 35.1 Å². The third kappa shape index (κ3) is 6.69. The number of aromatic amines is 1. The number of carbonyl (C=O) groups excluding carboxylic acids is 2. The van der Waals surface area contributed by atoms with Gasteiger partial charge in [-0.15, -0.1) is 0 Å². The van der Waals surface area contributed by atoms with Crippen LogP contribution in [0.1, 0.15) is 33.0 Å². The molecular weight excluding hydrogens is 533 g/mol. The van der Waals surface area contributed by atoms with Gasteiger partial charge in [-0.2, -0.15) is 0 Å². The Labute approximate surface area is 237 Å². The van der Waals surface area contributed by atoms with E-state index < -0.39 is 28.9 Å². The number of ether oxygens (including phenoxy) is 3. The molecule has 220 valence electrons. The van der Waals surface area contributed by atoms with Crippen LogP contribution in [0, 0.1) is 11.2 Å². The third-order valence-corrected chi connectivity index (χ3v) is 6.46. The van der Waals surface area contributed by atoms with Gasteiger partial charge in [0.25, 0.3) is 5.91 Å². The zero-order valence-corrected chi connectivity index (χ0v) is 23.9. The van der Waals surface area contributed by atoms with Gasteiger partial charge in [-0.3, -0.25) is 9.59 Å². The van der Waals surface area contributed by atoms with Crippen molar-refractivity contribution < 1.29 is 28.2 Å². The normalized spacial score (nSPS) is 20.8. The largest absolute Gasteiger partial charge is 0.462 e. The fourth-order valence-corrected chi connectivity index (χ4v) is 4.18. The number of aromatic nitrogens is 4. The molecule has 1 aromatic carbocycles. The van der Waals surface area contributed by atoms with Crippen molar-refractivity contribution in [3.05, 3.63) is 48.2 Å². The molecule has 2 aromatic heterocycles. The second kappa shape index (κ2) is 12.3. The maximum absolute atomic E-state index is 13.8. The molecule has 13 heteroatoms. The summed E-state index contributed by atoms with van der Waals surface area (Å²) in [6, 6.07) is 7.38. The summed E-state index contributed by atoms with van der Waals surface area (Å²) in [5.41, 5.74) is 6.39. The molecule has 0 spiro atoms. The number of primary amides is 1. The number of rotatable bonds is 11. The average molecular weight is 570 g/mol. The summed E-state index contributed by atoms with van der Waals surface area (Å²) >= 11 is 0. The Morgan fingerprint density at radius 3 is 2.46 bits per heavy atom. The van der Waals surface area contributed by atoms with Gasteiger partial charge in [-0.25, -0.2) is 19.3 Å². The summed E-state index contributed by atoms with van der Waals surface area (Å²) in [7, 11) is 4.00. The predicted octanol–water partition coefficient (Wildman–Crippen LogP) is 2.68. The van der Waals surface area contributed by atoms with Gasteiger partial charge in [0.2, 0.25) is 5.95 Å². The first-order valence-corrected chi connectivity index (χ1v) is 13.3. The van der Waals surface area contributed by atoms with Crippen molar-refractivity contribution in [2.75, 3.05) is 45.7 Å². The first kappa shape index (κ1) is 30.0. The molecule has 0 unspecified atom stereocenters. The molecule has 1 fully saturated rings. The van der Waals surface area contributed by atoms with E-state index in [0.29, 0.717) is 35.1 Å². The van der Waals surface area contributed by atoms with Crippen molar-refractivity contribution in [2.24, 2.45) is 11.1 Å². The fraction of sp³-hybridized carbons (Fsp3) is 0.464. The minimum Gasteiger partial charge on any atom is -0.462 e. The van der Waals surface area contributed by atoms with Crippen molar-refractivity contribution in [2.45, 2.75) is 39.1 Å². The predicted molar refractivity (Wildman–Crippen MR) is 149 cm³/mol. The van der Waals surface area contributed by atoms with E-state index >= 15 is 0 Å². The number of carbonyl (C=O) groups is 2. The van der Waals surface area contributed by atoms with Crippen LogP contribution >= 0.6 is 0 Å². The monoisotopic (exact) mass is 569 g/mol. The number of hydrogen-bond acceptors (Lipinski definition) is 10. The van der Waals surface area contributed by atoms with Crippen molar-refractivity contribution in [3.8, 4) is 22.6 Å². The van der Waals surface area contributed by atoms with E-state index in [9.17, 15) is 14.0 Å². The molecule has 41 heavy (non-hydrogen) atoms. The molecule has 3 aromatic rings. The van der Waals surface area contributed by atoms with E-state index in [2.05, 4.69) is 30.2 Å². The number of amides is 1. The summed E-state index contributed by atoms with van der Waals surface area (Å²) in [6.45, 7) is 6.22. The highest BCUT2D eigenvalue weighted by molar-refractivity contribution is 5.85. The smallest absolute Gasteiger partial charge is 0.316 e. The topological polar surface area (TPSA) is 158 Å². The maximum Gasteiger partial charge on any atom is 0.316 e. The Morgan fingerprint density at radius 2 is 1.85 bits per heavy atom. The second-order valence-electron chi connectivity index (χ2n) is 10.7. The molecule has 3 heterocycles. The lowest BCUT2D eigenvalue weighted by atomic mass is 9.91. The van der Waals surface area contributed by atoms with E-state index in [-0.39, 0.29) is 25.1 Å². The van der Waals surface area contributed by atoms with Crippen LogP contribution in [0.4, 0.5) is 10.3 Å². The van der Waals surface area contributed by atoms with Crippen molar-refractivity contribution in [3.63, 3.8) is 0 Å². The van der Waals surface area contributed by atoms with Crippen LogP contribution in [0.5, 0.6) is 0 Å². The Kier molecular flexibility index (Phi) is 9.00. The minimum absolute atomic E-state index is 0.0438. The number of H-pyrrole nitrogens is 1. The summed E-state index contributed by atoms with van der Waals surface area (Å²) in [4.78, 5) is 44.3. The minimum atomic E-state index is -2.12. The number of imidazole rings is 1. The van der Waals surface area contributed by atoms with Gasteiger partial charge in [0, 0.05) is 18.3 Å². The lowest BCUT2D eigenvalue weighted by Crippen LogP contribution is -2.56. The fourth-order valence-electron chi connectivity index (χ4n) is 4.18. The van der Waals surface area contributed by atoms with Crippen molar-refractivity contribution in [1.29, 1.82) is 0 Å². The molecule has 1 aliphatic heterocycles. The second-order valence-corrected chi connectivity index (χ2v) is 10.7. The Hall–Kier alpha value is -3.94. The van der Waals surface area contributed by atoms with E-state index in [4.69, 9.17) is 19.9 Å². The van der Waals surface area contributed by atoms with Crippen LogP contribution in [0.25, 0.3) is 22.6 Å². The quantitative estimate of drug-likeness (QED) is 0.232. The summed E-state index contributed by atoms with van der Waals surface area (Å²) in [6.07, 6.45) is 2.14. The summed E-state index contributed by atoms with van der Waals surface area (Å²) in [5, 5.41) is 3.21. The number of halogens is 1. The highest BCUT2D eigenvalue weighted by Crippen LogP contribution is 2.39. The van der Waals surface area contributed by atoms with Crippen LogP contribution in [0.15, 0.2) is 36.5 Å². The lowest BCUT2D eigenvalue weighted by molar-refractivity contribution is -0.294. The summed E-state index contributed by atoms with van der Waals surface area (Å²) in [5.74, 6) is -3.67. The lowest BCUT2D eigenvalue weighted by Gasteiger charge is -2.40. The molecule has 12 nitrogen and oxygen atoms in total. The Morgan fingerprint density at radius 1 is 1.17 bits per heavy atom. The number of nitrogens with zero attached hydrogens (tertiary/aromatic N) is 4. The molecule has 0 saturated carbocycles. The van der Waals surface area contributed by atoms with Crippen molar-refractivity contribution >= 4 is 17.8 Å². The number of anilines is 1. The van der Waals surface area contributed by atoms with Gasteiger partial charge in [0.15, 0.2) is 5.82 Å². The Balaban J connectivity index is 1.71. The molecule has 4 N–H and O–H groups in total. The van der Waals surface area contributed by atoms with Crippen LogP contribution in [-0.2, 0) is 29.6 Å². The highest BCUT2D eigenvalue weighted by Gasteiger charge is 2.54. The number of benzene rings is 1. The number of hydrogen-bond donors (Lipinski definition) is 3. The number of nitrogens with two attached hydrogens (primary N) is 1. The molecular formula is C28H36FN7O5. The first-order valence-electron chi connectivity index (χ1n) is 13.3. The SMILES string of the molecule is CC(C)OC(=O)C1(C)COC(C(N)=O)(c2nc(-c3ccc(F)cc3)c(-c3ccnc(NCCCN(C)C)n3)[nH]2)OC1. The van der Waals surface area contributed by atoms with Crippen LogP contribution in [0.2, 0.25) is 0 Å². The first-order chi connectivity index (χ1) is 19.4.